The zero-order chi connectivity index (χ0) is 23.6. The predicted molar refractivity (Wildman–Crippen MR) is 136 cm³/mol. The number of nitrogens with zero attached hydrogens (tertiary/aromatic N) is 1. The quantitative estimate of drug-likeness (QED) is 0.357. The summed E-state index contributed by atoms with van der Waals surface area (Å²) in [7, 11) is 0. The molecule has 7 rings (SSSR count). The Kier molecular flexibility index (Phi) is 4.49. The summed E-state index contributed by atoms with van der Waals surface area (Å²) in [4.78, 5) is 16.6. The molecule has 4 aromatic rings. The van der Waals surface area contributed by atoms with Crippen molar-refractivity contribution in [3.05, 3.63) is 124 Å². The Morgan fingerprint density at radius 1 is 0.800 bits per heavy atom. The van der Waals surface area contributed by atoms with Crippen LogP contribution in [0.3, 0.4) is 0 Å². The second-order valence-electron chi connectivity index (χ2n) is 9.28. The molecule has 35 heavy (non-hydrogen) atoms. The SMILES string of the molecule is O=C1N(C(c2ccccc2)c2ccccc2)c2c(Cl)cccc2C12COc1cc3c(cc12)CCO3. The molecule has 1 amide bonds. The van der Waals surface area contributed by atoms with Gasteiger partial charge in [-0.05, 0) is 28.8 Å². The summed E-state index contributed by atoms with van der Waals surface area (Å²) < 4.78 is 12.0. The van der Waals surface area contributed by atoms with Crippen molar-refractivity contribution in [2.24, 2.45) is 0 Å². The van der Waals surface area contributed by atoms with E-state index >= 15 is 0 Å². The smallest absolute Gasteiger partial charge is 0.246 e. The number of ether oxygens (including phenoxy) is 2. The molecule has 172 valence electrons. The molecule has 5 heteroatoms. The monoisotopic (exact) mass is 479 g/mol. The number of halogens is 1. The molecule has 1 atom stereocenters. The van der Waals surface area contributed by atoms with Gasteiger partial charge >= 0.3 is 0 Å². The normalized spacial score (nSPS) is 19.5. The maximum Gasteiger partial charge on any atom is 0.246 e. The summed E-state index contributed by atoms with van der Waals surface area (Å²) in [6.07, 6.45) is 0.829. The van der Waals surface area contributed by atoms with Crippen molar-refractivity contribution in [2.45, 2.75) is 17.9 Å². The Labute approximate surface area is 208 Å². The van der Waals surface area contributed by atoms with Gasteiger partial charge in [0.25, 0.3) is 0 Å². The number of amides is 1. The second-order valence-corrected chi connectivity index (χ2v) is 9.69. The molecule has 0 saturated heterocycles. The maximum absolute atomic E-state index is 14.7. The maximum atomic E-state index is 14.7. The molecule has 0 bridgehead atoms. The number of anilines is 1. The Morgan fingerprint density at radius 3 is 2.23 bits per heavy atom. The van der Waals surface area contributed by atoms with E-state index in [1.165, 1.54) is 0 Å². The van der Waals surface area contributed by atoms with Crippen LogP contribution in [0.1, 0.15) is 33.9 Å². The van der Waals surface area contributed by atoms with Gasteiger partial charge in [-0.3, -0.25) is 9.69 Å². The van der Waals surface area contributed by atoms with Crippen molar-refractivity contribution in [3.8, 4) is 11.5 Å². The minimum absolute atomic E-state index is 0.0177. The van der Waals surface area contributed by atoms with Crippen LogP contribution >= 0.6 is 11.6 Å². The third-order valence-corrected chi connectivity index (χ3v) is 7.76. The van der Waals surface area contributed by atoms with Crippen LogP contribution in [0.5, 0.6) is 11.5 Å². The number of hydrogen-bond donors (Lipinski definition) is 0. The molecule has 0 aromatic heterocycles. The summed E-state index contributed by atoms with van der Waals surface area (Å²) in [5, 5.41) is 0.558. The van der Waals surface area contributed by atoms with Gasteiger partial charge in [0, 0.05) is 23.6 Å². The van der Waals surface area contributed by atoms with Gasteiger partial charge in [-0.15, -0.1) is 0 Å². The molecular formula is C30H22ClNO3. The Bertz CT molecular complexity index is 1430. The predicted octanol–water partition coefficient (Wildman–Crippen LogP) is 6.09. The number of fused-ring (bicyclic) bond motifs is 5. The van der Waals surface area contributed by atoms with E-state index in [9.17, 15) is 4.79 Å². The summed E-state index contributed by atoms with van der Waals surface area (Å²) in [6, 6.07) is 29.8. The Balaban J connectivity index is 1.48. The molecule has 4 aromatic carbocycles. The second kappa shape index (κ2) is 7.62. The lowest BCUT2D eigenvalue weighted by atomic mass is 9.76. The fraction of sp³-hybridized carbons (Fsp3) is 0.167. The molecule has 0 radical (unpaired) electrons. The van der Waals surface area contributed by atoms with Gasteiger partial charge < -0.3 is 9.47 Å². The van der Waals surface area contributed by atoms with E-state index in [-0.39, 0.29) is 18.6 Å². The standard InChI is InChI=1S/C30H22ClNO3/c31-24-13-7-12-22-28(24)32(27(19-8-3-1-4-9-19)20-10-5-2-6-11-20)29(33)30(22)18-35-26-17-25-21(14-15-34-25)16-23(26)30/h1-13,16-17,27H,14-15,18H2. The van der Waals surface area contributed by atoms with E-state index in [0.717, 1.165) is 45.7 Å². The van der Waals surface area contributed by atoms with Crippen LogP contribution < -0.4 is 14.4 Å². The Hall–Kier alpha value is -3.76. The first-order chi connectivity index (χ1) is 17.2. The third-order valence-electron chi connectivity index (χ3n) is 7.46. The molecule has 0 fully saturated rings. The lowest BCUT2D eigenvalue weighted by Gasteiger charge is -2.31. The van der Waals surface area contributed by atoms with Crippen molar-refractivity contribution >= 4 is 23.2 Å². The van der Waals surface area contributed by atoms with Crippen LogP contribution in [0.2, 0.25) is 5.02 Å². The van der Waals surface area contributed by atoms with Gasteiger partial charge in [0.1, 0.15) is 23.5 Å². The van der Waals surface area contributed by atoms with E-state index < -0.39 is 5.41 Å². The molecule has 0 saturated carbocycles. The lowest BCUT2D eigenvalue weighted by molar-refractivity contribution is -0.122. The highest BCUT2D eigenvalue weighted by molar-refractivity contribution is 6.35. The number of carbonyl (C=O) groups is 1. The lowest BCUT2D eigenvalue weighted by Crippen LogP contribution is -2.44. The van der Waals surface area contributed by atoms with E-state index in [2.05, 4.69) is 30.3 Å². The summed E-state index contributed by atoms with van der Waals surface area (Å²) >= 11 is 6.88. The van der Waals surface area contributed by atoms with Gasteiger partial charge in [0.05, 0.1) is 23.4 Å². The average molecular weight is 480 g/mol. The zero-order valence-electron chi connectivity index (χ0n) is 18.9. The first-order valence-corrected chi connectivity index (χ1v) is 12.2. The van der Waals surface area contributed by atoms with Gasteiger partial charge in [0.2, 0.25) is 5.91 Å². The number of hydrogen-bond acceptors (Lipinski definition) is 3. The van der Waals surface area contributed by atoms with E-state index in [1.807, 2.05) is 65.6 Å². The van der Waals surface area contributed by atoms with Crippen molar-refractivity contribution in [1.29, 1.82) is 0 Å². The fourth-order valence-corrected chi connectivity index (χ4v) is 6.12. The van der Waals surface area contributed by atoms with Crippen LogP contribution in [0, 0.1) is 0 Å². The highest BCUT2D eigenvalue weighted by atomic mass is 35.5. The molecule has 0 aliphatic carbocycles. The number of benzene rings is 4. The van der Waals surface area contributed by atoms with Crippen LogP contribution in [0.4, 0.5) is 5.69 Å². The summed E-state index contributed by atoms with van der Waals surface area (Å²) in [6.45, 7) is 0.891. The molecule has 3 heterocycles. The van der Waals surface area contributed by atoms with E-state index in [4.69, 9.17) is 21.1 Å². The topological polar surface area (TPSA) is 38.8 Å². The van der Waals surface area contributed by atoms with Gasteiger partial charge in [-0.1, -0.05) is 84.4 Å². The van der Waals surface area contributed by atoms with Crippen molar-refractivity contribution in [2.75, 3.05) is 18.1 Å². The molecule has 3 aliphatic rings. The van der Waals surface area contributed by atoms with Crippen LogP contribution in [0.25, 0.3) is 0 Å². The van der Waals surface area contributed by atoms with Crippen LogP contribution in [0.15, 0.2) is 91.0 Å². The van der Waals surface area contributed by atoms with Crippen LogP contribution in [-0.4, -0.2) is 19.1 Å². The first-order valence-electron chi connectivity index (χ1n) is 11.8. The minimum Gasteiger partial charge on any atom is -0.493 e. The Morgan fingerprint density at radius 2 is 1.51 bits per heavy atom. The van der Waals surface area contributed by atoms with Gasteiger partial charge in [-0.25, -0.2) is 0 Å². The van der Waals surface area contributed by atoms with Crippen molar-refractivity contribution in [1.82, 2.24) is 0 Å². The molecule has 1 spiro atoms. The van der Waals surface area contributed by atoms with E-state index in [1.54, 1.807) is 0 Å². The average Bonchev–Trinajstić information content (AvgIpc) is 3.57. The number of rotatable bonds is 3. The largest absolute Gasteiger partial charge is 0.493 e. The summed E-state index contributed by atoms with van der Waals surface area (Å²) in [5.41, 5.74) is 4.76. The minimum atomic E-state index is -0.949. The number of carbonyl (C=O) groups excluding carboxylic acids is 1. The highest BCUT2D eigenvalue weighted by Gasteiger charge is 2.59. The van der Waals surface area contributed by atoms with Crippen molar-refractivity contribution in [3.63, 3.8) is 0 Å². The highest BCUT2D eigenvalue weighted by Crippen LogP contribution is 2.57. The molecular weight excluding hydrogens is 458 g/mol. The first kappa shape index (κ1) is 20.6. The van der Waals surface area contributed by atoms with Crippen molar-refractivity contribution < 1.29 is 14.3 Å². The zero-order valence-corrected chi connectivity index (χ0v) is 19.7. The fourth-order valence-electron chi connectivity index (χ4n) is 5.86. The summed E-state index contributed by atoms with van der Waals surface area (Å²) in [5.74, 6) is 1.54. The molecule has 3 aliphatic heterocycles. The molecule has 4 nitrogen and oxygen atoms in total. The third kappa shape index (κ3) is 2.83. The molecule has 1 unspecified atom stereocenters. The van der Waals surface area contributed by atoms with Crippen LogP contribution in [-0.2, 0) is 16.6 Å². The van der Waals surface area contributed by atoms with Gasteiger partial charge in [-0.2, -0.15) is 0 Å². The van der Waals surface area contributed by atoms with E-state index in [0.29, 0.717) is 17.4 Å². The van der Waals surface area contributed by atoms with Gasteiger partial charge in [0.15, 0.2) is 0 Å². The molecule has 0 N–H and O–H groups in total. The number of para-hydroxylation sites is 1.